The van der Waals surface area contributed by atoms with Crippen LogP contribution in [0.3, 0.4) is 0 Å². The second kappa shape index (κ2) is 8.13. The quantitative estimate of drug-likeness (QED) is 0.634. The Kier molecular flexibility index (Phi) is 5.89. The number of benzene rings is 1. The lowest BCUT2D eigenvalue weighted by molar-refractivity contribution is 0.197. The Morgan fingerprint density at radius 2 is 1.96 bits per heavy atom. The van der Waals surface area contributed by atoms with Gasteiger partial charge < -0.3 is 15.5 Å². The first-order valence-electron chi connectivity index (χ1n) is 9.23. The minimum absolute atomic E-state index is 0.0733. The van der Waals surface area contributed by atoms with Gasteiger partial charge in [0.05, 0.1) is 0 Å². The van der Waals surface area contributed by atoms with Crippen molar-refractivity contribution in [2.75, 3.05) is 26.7 Å². The van der Waals surface area contributed by atoms with Gasteiger partial charge in [0.15, 0.2) is 5.96 Å². The summed E-state index contributed by atoms with van der Waals surface area (Å²) in [6.07, 6.45) is 4.97. The number of hydrogen-bond donors (Lipinski definition) is 2. The SMILES string of the molecule is CN=C(NCC(C)c1ccc(F)cc1F)NC1CCN(C2CC2)CC1. The molecule has 1 atom stereocenters. The van der Waals surface area contributed by atoms with Crippen molar-refractivity contribution in [2.45, 2.75) is 50.6 Å². The van der Waals surface area contributed by atoms with Crippen molar-refractivity contribution >= 4 is 5.96 Å². The molecule has 1 aromatic carbocycles. The molecule has 1 aromatic rings. The lowest BCUT2D eigenvalue weighted by Gasteiger charge is -2.33. The van der Waals surface area contributed by atoms with Gasteiger partial charge in [0.1, 0.15) is 11.6 Å². The maximum Gasteiger partial charge on any atom is 0.191 e. The van der Waals surface area contributed by atoms with Gasteiger partial charge in [0.2, 0.25) is 0 Å². The monoisotopic (exact) mass is 350 g/mol. The molecule has 1 saturated carbocycles. The minimum Gasteiger partial charge on any atom is -0.356 e. The number of rotatable bonds is 5. The molecule has 3 rings (SSSR count). The van der Waals surface area contributed by atoms with Gasteiger partial charge in [-0.2, -0.15) is 0 Å². The molecule has 0 aromatic heterocycles. The van der Waals surface area contributed by atoms with Crippen LogP contribution in [-0.2, 0) is 0 Å². The van der Waals surface area contributed by atoms with Crippen molar-refractivity contribution < 1.29 is 8.78 Å². The van der Waals surface area contributed by atoms with E-state index in [1.54, 1.807) is 7.05 Å². The van der Waals surface area contributed by atoms with Gasteiger partial charge in [-0.3, -0.25) is 4.99 Å². The molecular weight excluding hydrogens is 322 g/mol. The molecule has 1 unspecified atom stereocenters. The number of likely N-dealkylation sites (tertiary alicyclic amines) is 1. The first-order valence-corrected chi connectivity index (χ1v) is 9.23. The zero-order valence-corrected chi connectivity index (χ0v) is 15.1. The number of nitrogens with zero attached hydrogens (tertiary/aromatic N) is 2. The van der Waals surface area contributed by atoms with E-state index < -0.39 is 11.6 Å². The number of nitrogens with one attached hydrogen (secondary N) is 2. The maximum absolute atomic E-state index is 13.9. The largest absolute Gasteiger partial charge is 0.356 e. The molecule has 1 heterocycles. The molecule has 0 radical (unpaired) electrons. The van der Waals surface area contributed by atoms with Gasteiger partial charge in [-0.25, -0.2) is 8.78 Å². The Hall–Kier alpha value is -1.69. The summed E-state index contributed by atoms with van der Waals surface area (Å²) in [4.78, 5) is 6.87. The van der Waals surface area contributed by atoms with Gasteiger partial charge in [0.25, 0.3) is 0 Å². The van der Waals surface area contributed by atoms with Crippen molar-refractivity contribution in [3.8, 4) is 0 Å². The zero-order valence-electron chi connectivity index (χ0n) is 15.1. The minimum atomic E-state index is -0.545. The van der Waals surface area contributed by atoms with E-state index in [2.05, 4.69) is 20.5 Å². The summed E-state index contributed by atoms with van der Waals surface area (Å²) < 4.78 is 26.9. The molecule has 2 fully saturated rings. The number of piperidine rings is 1. The number of guanidine groups is 1. The lowest BCUT2D eigenvalue weighted by atomic mass is 10.0. The first kappa shape index (κ1) is 18.1. The maximum atomic E-state index is 13.9. The van der Waals surface area contributed by atoms with Crippen LogP contribution in [0.2, 0.25) is 0 Å². The van der Waals surface area contributed by atoms with Crippen LogP contribution in [0.1, 0.15) is 44.1 Å². The van der Waals surface area contributed by atoms with Gasteiger partial charge in [-0.05, 0) is 37.3 Å². The van der Waals surface area contributed by atoms with Crippen LogP contribution in [0, 0.1) is 11.6 Å². The van der Waals surface area contributed by atoms with E-state index in [4.69, 9.17) is 0 Å². The Balaban J connectivity index is 1.45. The molecule has 1 saturated heterocycles. The predicted molar refractivity (Wildman–Crippen MR) is 96.9 cm³/mol. The average molecular weight is 350 g/mol. The third kappa shape index (κ3) is 4.91. The van der Waals surface area contributed by atoms with Gasteiger partial charge in [0, 0.05) is 50.7 Å². The van der Waals surface area contributed by atoms with E-state index in [1.165, 1.54) is 25.0 Å². The van der Waals surface area contributed by atoms with E-state index in [-0.39, 0.29) is 5.92 Å². The van der Waals surface area contributed by atoms with E-state index in [0.29, 0.717) is 18.2 Å². The predicted octanol–water partition coefficient (Wildman–Crippen LogP) is 2.86. The molecule has 138 valence electrons. The summed E-state index contributed by atoms with van der Waals surface area (Å²) in [6, 6.07) is 5.02. The van der Waals surface area contributed by atoms with Gasteiger partial charge in [-0.15, -0.1) is 0 Å². The second-order valence-electron chi connectivity index (χ2n) is 7.21. The lowest BCUT2D eigenvalue weighted by Crippen LogP contribution is -2.49. The highest BCUT2D eigenvalue weighted by Gasteiger charge is 2.31. The molecule has 2 N–H and O–H groups in total. The van der Waals surface area contributed by atoms with E-state index in [1.807, 2.05) is 6.92 Å². The van der Waals surface area contributed by atoms with E-state index >= 15 is 0 Å². The number of hydrogen-bond acceptors (Lipinski definition) is 2. The van der Waals surface area contributed by atoms with Crippen LogP contribution < -0.4 is 10.6 Å². The third-order valence-corrected chi connectivity index (χ3v) is 5.23. The molecule has 0 amide bonds. The first-order chi connectivity index (χ1) is 12.1. The summed E-state index contributed by atoms with van der Waals surface area (Å²) in [7, 11) is 1.75. The summed E-state index contributed by atoms with van der Waals surface area (Å²) in [5.74, 6) is -0.365. The Bertz CT molecular complexity index is 607. The highest BCUT2D eigenvalue weighted by molar-refractivity contribution is 5.80. The fourth-order valence-corrected chi connectivity index (χ4v) is 3.50. The molecule has 25 heavy (non-hydrogen) atoms. The van der Waals surface area contributed by atoms with Crippen LogP contribution >= 0.6 is 0 Å². The van der Waals surface area contributed by atoms with Crippen molar-refractivity contribution in [3.63, 3.8) is 0 Å². The highest BCUT2D eigenvalue weighted by atomic mass is 19.1. The molecule has 1 aliphatic heterocycles. The number of aliphatic imine (C=N–C) groups is 1. The second-order valence-corrected chi connectivity index (χ2v) is 7.21. The smallest absolute Gasteiger partial charge is 0.191 e. The van der Waals surface area contributed by atoms with Crippen molar-refractivity contribution in [1.82, 2.24) is 15.5 Å². The molecule has 2 aliphatic rings. The van der Waals surface area contributed by atoms with Gasteiger partial charge >= 0.3 is 0 Å². The van der Waals surface area contributed by atoms with Crippen molar-refractivity contribution in [3.05, 3.63) is 35.4 Å². The normalized spacial score (nSPS) is 21.2. The fourth-order valence-electron chi connectivity index (χ4n) is 3.50. The summed E-state index contributed by atoms with van der Waals surface area (Å²) in [6.45, 7) is 4.76. The van der Waals surface area contributed by atoms with Crippen LogP contribution in [0.5, 0.6) is 0 Å². The average Bonchev–Trinajstić information content (AvgIpc) is 3.44. The topological polar surface area (TPSA) is 39.7 Å². The molecular formula is C19H28F2N4. The van der Waals surface area contributed by atoms with Crippen molar-refractivity contribution in [1.29, 1.82) is 0 Å². The number of halogens is 2. The van der Waals surface area contributed by atoms with E-state index in [9.17, 15) is 8.78 Å². The van der Waals surface area contributed by atoms with Gasteiger partial charge in [-0.1, -0.05) is 13.0 Å². The molecule has 0 spiro atoms. The summed E-state index contributed by atoms with van der Waals surface area (Å²) >= 11 is 0. The molecule has 1 aliphatic carbocycles. The Morgan fingerprint density at radius 1 is 1.24 bits per heavy atom. The Labute approximate surface area is 148 Å². The third-order valence-electron chi connectivity index (χ3n) is 5.23. The van der Waals surface area contributed by atoms with Crippen LogP contribution in [0.4, 0.5) is 8.78 Å². The van der Waals surface area contributed by atoms with Crippen molar-refractivity contribution in [2.24, 2.45) is 4.99 Å². The van der Waals surface area contributed by atoms with Crippen LogP contribution in [-0.4, -0.2) is 49.6 Å². The zero-order chi connectivity index (χ0) is 17.8. The fraction of sp³-hybridized carbons (Fsp3) is 0.632. The molecule has 4 nitrogen and oxygen atoms in total. The van der Waals surface area contributed by atoms with Crippen LogP contribution in [0.15, 0.2) is 23.2 Å². The summed E-state index contributed by atoms with van der Waals surface area (Å²) in [5.41, 5.74) is 0.516. The molecule has 0 bridgehead atoms. The molecule has 6 heteroatoms. The summed E-state index contributed by atoms with van der Waals surface area (Å²) in [5, 5.41) is 6.74. The Morgan fingerprint density at radius 3 is 2.56 bits per heavy atom. The van der Waals surface area contributed by atoms with Crippen LogP contribution in [0.25, 0.3) is 0 Å². The standard InChI is InChI=1S/C19H28F2N4/c1-13(17-6-3-14(20)11-18(17)21)12-23-19(22-2)24-15-7-9-25(10-8-15)16-4-5-16/h3,6,11,13,15-16H,4-5,7-10,12H2,1-2H3,(H2,22,23,24). The highest BCUT2D eigenvalue weighted by Crippen LogP contribution is 2.29. The van der Waals surface area contributed by atoms with E-state index in [0.717, 1.165) is 44.0 Å².